The van der Waals surface area contributed by atoms with Crippen LogP contribution in [0.25, 0.3) is 22.9 Å². The standard InChI is InChI=1S/C18H13N5O2/c19-16-15(10-14(11-21-16)24-13-4-2-1-3-5-13)18-23-22-17(25-18)12-6-8-20-9-7-12/h1-11H,(H2,19,21). The van der Waals surface area contributed by atoms with E-state index in [9.17, 15) is 0 Å². The van der Waals surface area contributed by atoms with Gasteiger partial charge in [0.25, 0.3) is 5.89 Å². The van der Waals surface area contributed by atoms with E-state index in [0.717, 1.165) is 5.56 Å². The fourth-order valence-electron chi connectivity index (χ4n) is 2.25. The minimum Gasteiger partial charge on any atom is -0.456 e. The summed E-state index contributed by atoms with van der Waals surface area (Å²) in [4.78, 5) is 8.11. The predicted molar refractivity (Wildman–Crippen MR) is 91.7 cm³/mol. The molecule has 0 aliphatic heterocycles. The van der Waals surface area contributed by atoms with E-state index in [1.807, 2.05) is 30.3 Å². The minimum absolute atomic E-state index is 0.273. The molecular weight excluding hydrogens is 318 g/mol. The molecule has 7 nitrogen and oxygen atoms in total. The number of hydrogen-bond donors (Lipinski definition) is 1. The van der Waals surface area contributed by atoms with Crippen LogP contribution in [-0.4, -0.2) is 20.2 Å². The summed E-state index contributed by atoms with van der Waals surface area (Å²) in [6.07, 6.45) is 4.86. The molecule has 0 spiro atoms. The zero-order chi connectivity index (χ0) is 17.1. The second kappa shape index (κ2) is 6.40. The van der Waals surface area contributed by atoms with Crippen LogP contribution >= 0.6 is 0 Å². The zero-order valence-electron chi connectivity index (χ0n) is 13.0. The van der Waals surface area contributed by atoms with Gasteiger partial charge in [0, 0.05) is 18.0 Å². The summed E-state index contributed by atoms with van der Waals surface area (Å²) in [6, 6.07) is 14.7. The Bertz CT molecular complexity index is 987. The monoisotopic (exact) mass is 331 g/mol. The molecule has 3 heterocycles. The molecule has 0 unspecified atom stereocenters. The third kappa shape index (κ3) is 3.16. The second-order valence-electron chi connectivity index (χ2n) is 5.17. The molecular formula is C18H13N5O2. The Morgan fingerprint density at radius 3 is 2.44 bits per heavy atom. The SMILES string of the molecule is Nc1ncc(Oc2ccccc2)cc1-c1nnc(-c2ccncc2)o1. The van der Waals surface area contributed by atoms with E-state index in [0.29, 0.717) is 23.0 Å². The number of ether oxygens (including phenoxy) is 1. The van der Waals surface area contributed by atoms with Crippen LogP contribution in [0.1, 0.15) is 0 Å². The number of nitrogens with two attached hydrogens (primary N) is 1. The summed E-state index contributed by atoms with van der Waals surface area (Å²) in [5.74, 6) is 2.16. The average Bonchev–Trinajstić information content (AvgIpc) is 3.15. The number of nitrogen functional groups attached to an aromatic ring is 1. The maximum absolute atomic E-state index is 5.96. The maximum Gasteiger partial charge on any atom is 0.252 e. The Morgan fingerprint density at radius 1 is 0.880 bits per heavy atom. The van der Waals surface area contributed by atoms with E-state index in [2.05, 4.69) is 20.2 Å². The van der Waals surface area contributed by atoms with E-state index in [1.165, 1.54) is 0 Å². The van der Waals surface area contributed by atoms with Crippen LogP contribution in [0, 0.1) is 0 Å². The molecule has 0 saturated carbocycles. The van der Waals surface area contributed by atoms with Crippen molar-refractivity contribution >= 4 is 5.82 Å². The van der Waals surface area contributed by atoms with Crippen molar-refractivity contribution in [2.45, 2.75) is 0 Å². The molecule has 0 radical (unpaired) electrons. The molecule has 0 atom stereocenters. The van der Waals surface area contributed by atoms with Crippen LogP contribution in [-0.2, 0) is 0 Å². The van der Waals surface area contributed by atoms with Crippen LogP contribution in [0.15, 0.2) is 71.5 Å². The van der Waals surface area contributed by atoms with E-state index in [4.69, 9.17) is 14.9 Å². The number of hydrogen-bond acceptors (Lipinski definition) is 7. The summed E-state index contributed by atoms with van der Waals surface area (Å²) in [7, 11) is 0. The molecule has 0 amide bonds. The van der Waals surface area contributed by atoms with Gasteiger partial charge in [-0.15, -0.1) is 10.2 Å². The largest absolute Gasteiger partial charge is 0.456 e. The van der Waals surface area contributed by atoms with E-state index >= 15 is 0 Å². The number of anilines is 1. The fourth-order valence-corrected chi connectivity index (χ4v) is 2.25. The van der Waals surface area contributed by atoms with Gasteiger partial charge in [-0.1, -0.05) is 18.2 Å². The van der Waals surface area contributed by atoms with Gasteiger partial charge in [0.15, 0.2) is 0 Å². The Labute approximate surface area is 143 Å². The van der Waals surface area contributed by atoms with Crippen molar-refractivity contribution in [3.63, 3.8) is 0 Å². The summed E-state index contributed by atoms with van der Waals surface area (Å²) in [5.41, 5.74) is 7.25. The molecule has 0 bridgehead atoms. The highest BCUT2D eigenvalue weighted by Gasteiger charge is 2.15. The first-order valence-electron chi connectivity index (χ1n) is 7.52. The number of para-hydroxylation sites is 1. The molecule has 25 heavy (non-hydrogen) atoms. The van der Waals surface area contributed by atoms with E-state index in [1.54, 1.807) is 36.8 Å². The number of benzene rings is 1. The molecule has 0 aliphatic carbocycles. The van der Waals surface area contributed by atoms with Gasteiger partial charge in [0.05, 0.1) is 11.8 Å². The van der Waals surface area contributed by atoms with Crippen LogP contribution in [0.3, 0.4) is 0 Å². The Balaban J connectivity index is 1.66. The molecule has 2 N–H and O–H groups in total. The highest BCUT2D eigenvalue weighted by Crippen LogP contribution is 2.31. The van der Waals surface area contributed by atoms with Gasteiger partial charge >= 0.3 is 0 Å². The van der Waals surface area contributed by atoms with Crippen molar-refractivity contribution in [1.82, 2.24) is 20.2 Å². The minimum atomic E-state index is 0.273. The lowest BCUT2D eigenvalue weighted by atomic mass is 10.2. The summed E-state index contributed by atoms with van der Waals surface area (Å²) in [6.45, 7) is 0. The molecule has 0 saturated heterocycles. The summed E-state index contributed by atoms with van der Waals surface area (Å²) in [5, 5.41) is 8.11. The van der Waals surface area contributed by atoms with Gasteiger partial charge in [-0.3, -0.25) is 4.98 Å². The van der Waals surface area contributed by atoms with Gasteiger partial charge in [0.1, 0.15) is 17.3 Å². The van der Waals surface area contributed by atoms with Crippen LogP contribution in [0.5, 0.6) is 11.5 Å². The fraction of sp³-hybridized carbons (Fsp3) is 0. The first-order chi connectivity index (χ1) is 12.3. The smallest absolute Gasteiger partial charge is 0.252 e. The number of nitrogens with zero attached hydrogens (tertiary/aromatic N) is 4. The lowest BCUT2D eigenvalue weighted by Gasteiger charge is -2.07. The number of rotatable bonds is 4. The first-order valence-corrected chi connectivity index (χ1v) is 7.52. The normalized spacial score (nSPS) is 10.6. The lowest BCUT2D eigenvalue weighted by Crippen LogP contribution is -1.95. The highest BCUT2D eigenvalue weighted by molar-refractivity contribution is 5.69. The summed E-state index contributed by atoms with van der Waals surface area (Å²) >= 11 is 0. The topological polar surface area (TPSA) is 100.0 Å². The van der Waals surface area contributed by atoms with Gasteiger partial charge < -0.3 is 14.9 Å². The van der Waals surface area contributed by atoms with Gasteiger partial charge in [-0.05, 0) is 30.3 Å². The van der Waals surface area contributed by atoms with Crippen molar-refractivity contribution in [2.24, 2.45) is 0 Å². The number of aromatic nitrogens is 4. The lowest BCUT2D eigenvalue weighted by molar-refractivity contribution is 0.480. The maximum atomic E-state index is 5.96. The van der Waals surface area contributed by atoms with Crippen molar-refractivity contribution in [1.29, 1.82) is 0 Å². The summed E-state index contributed by atoms with van der Waals surface area (Å²) < 4.78 is 11.5. The molecule has 1 aromatic carbocycles. The zero-order valence-corrected chi connectivity index (χ0v) is 13.0. The van der Waals surface area contributed by atoms with Crippen LogP contribution < -0.4 is 10.5 Å². The second-order valence-corrected chi connectivity index (χ2v) is 5.17. The predicted octanol–water partition coefficient (Wildman–Crippen LogP) is 3.57. The highest BCUT2D eigenvalue weighted by atomic mass is 16.5. The van der Waals surface area contributed by atoms with Gasteiger partial charge in [-0.25, -0.2) is 4.98 Å². The molecule has 0 fully saturated rings. The van der Waals surface area contributed by atoms with Gasteiger partial charge in [-0.2, -0.15) is 0 Å². The van der Waals surface area contributed by atoms with Crippen molar-refractivity contribution in [3.05, 3.63) is 67.1 Å². The Hall–Kier alpha value is -3.74. The molecule has 122 valence electrons. The quantitative estimate of drug-likeness (QED) is 0.610. The van der Waals surface area contributed by atoms with Crippen LogP contribution in [0.4, 0.5) is 5.82 Å². The Morgan fingerprint density at radius 2 is 1.64 bits per heavy atom. The molecule has 4 aromatic rings. The number of pyridine rings is 2. The van der Waals surface area contributed by atoms with Gasteiger partial charge in [0.2, 0.25) is 5.89 Å². The molecule has 4 rings (SSSR count). The molecule has 0 aliphatic rings. The average molecular weight is 331 g/mol. The van der Waals surface area contributed by atoms with Crippen molar-refractivity contribution in [3.8, 4) is 34.4 Å². The van der Waals surface area contributed by atoms with E-state index in [-0.39, 0.29) is 11.7 Å². The van der Waals surface area contributed by atoms with Crippen molar-refractivity contribution in [2.75, 3.05) is 5.73 Å². The molecule has 7 heteroatoms. The van der Waals surface area contributed by atoms with E-state index < -0.39 is 0 Å². The third-order valence-corrected chi connectivity index (χ3v) is 3.46. The third-order valence-electron chi connectivity index (χ3n) is 3.46. The Kier molecular flexibility index (Phi) is 3.80. The first kappa shape index (κ1) is 14.8. The molecule has 3 aromatic heterocycles. The van der Waals surface area contributed by atoms with Crippen molar-refractivity contribution < 1.29 is 9.15 Å². The van der Waals surface area contributed by atoms with Crippen LogP contribution in [0.2, 0.25) is 0 Å².